The van der Waals surface area contributed by atoms with Crippen LogP contribution in [-0.4, -0.2) is 28.4 Å². The van der Waals surface area contributed by atoms with Gasteiger partial charge in [-0.15, -0.1) is 0 Å². The number of rotatable bonds is 7. The number of aromatic nitrogens is 1. The number of carbonyl (C=O) groups is 3. The Kier molecular flexibility index (Phi) is 8.78. The van der Waals surface area contributed by atoms with Gasteiger partial charge >= 0.3 is 12.3 Å². The maximum Gasteiger partial charge on any atom is 0.416 e. The van der Waals surface area contributed by atoms with Crippen LogP contribution in [0.15, 0.2) is 54.7 Å². The lowest BCUT2D eigenvalue weighted by Gasteiger charge is -2.22. The lowest BCUT2D eigenvalue weighted by molar-refractivity contribution is -0.138. The van der Waals surface area contributed by atoms with E-state index in [1.807, 2.05) is 19.1 Å². The molecular weight excluding hydrogens is 511 g/mol. The van der Waals surface area contributed by atoms with Gasteiger partial charge in [-0.1, -0.05) is 25.1 Å². The van der Waals surface area contributed by atoms with Crippen molar-refractivity contribution in [1.29, 1.82) is 0 Å². The molecule has 0 spiro atoms. The monoisotopic (exact) mass is 541 g/mol. The fraction of sp³-hybridized carbons (Fsp3) is 0.310. The molecule has 0 saturated carbocycles. The summed E-state index contributed by atoms with van der Waals surface area (Å²) < 4.78 is 46.4. The highest BCUT2D eigenvalue weighted by molar-refractivity contribution is 6.12. The Morgan fingerprint density at radius 2 is 1.59 bits per heavy atom. The van der Waals surface area contributed by atoms with Crippen LogP contribution in [0, 0.1) is 6.92 Å². The summed E-state index contributed by atoms with van der Waals surface area (Å²) in [4.78, 5) is 42.2. The molecule has 1 aromatic heterocycles. The molecule has 0 radical (unpaired) electrons. The number of amides is 2. The third kappa shape index (κ3) is 8.13. The molecule has 0 saturated heterocycles. The molecule has 0 bridgehead atoms. The smallest absolute Gasteiger partial charge is 0.416 e. The van der Waals surface area contributed by atoms with Gasteiger partial charge in [0.1, 0.15) is 5.60 Å². The molecule has 10 heteroatoms. The highest BCUT2D eigenvalue weighted by Gasteiger charge is 2.34. The molecule has 1 heterocycles. The standard InChI is InChI=1S/C29H30F3N3O4/c1-6-18-14-23(35-27(38)39-28(3,4)5)24(15-22(18)29(30,31)32)34-26(37)16-25(36)21-9-7-8-19(13-21)20-10-11-33-17(2)12-20/h7-15H,6,16H2,1-5H3,(H,34,37)(H,35,38). The Morgan fingerprint density at radius 1 is 0.923 bits per heavy atom. The number of ketones is 1. The van der Waals surface area contributed by atoms with Crippen molar-refractivity contribution in [1.82, 2.24) is 4.98 Å². The van der Waals surface area contributed by atoms with Crippen LogP contribution in [0.25, 0.3) is 11.1 Å². The Balaban J connectivity index is 1.86. The quantitative estimate of drug-likeness (QED) is 0.244. The minimum Gasteiger partial charge on any atom is -0.444 e. The molecule has 0 aliphatic heterocycles. The number of benzene rings is 2. The summed E-state index contributed by atoms with van der Waals surface area (Å²) in [6, 6.07) is 12.2. The summed E-state index contributed by atoms with van der Waals surface area (Å²) in [5, 5.41) is 4.77. The summed E-state index contributed by atoms with van der Waals surface area (Å²) in [5.74, 6) is -1.36. The number of halogens is 3. The zero-order chi connectivity index (χ0) is 29.0. The van der Waals surface area contributed by atoms with E-state index < -0.39 is 41.5 Å². The Hall–Kier alpha value is -4.21. The second-order valence-corrected chi connectivity index (χ2v) is 9.95. The molecule has 39 heavy (non-hydrogen) atoms. The van der Waals surface area contributed by atoms with E-state index in [2.05, 4.69) is 15.6 Å². The number of carbonyl (C=O) groups excluding carboxylic acids is 3. The highest BCUT2D eigenvalue weighted by atomic mass is 19.4. The van der Waals surface area contributed by atoms with Gasteiger partial charge in [0.2, 0.25) is 5.91 Å². The predicted molar refractivity (Wildman–Crippen MR) is 143 cm³/mol. The number of nitrogens with one attached hydrogen (secondary N) is 2. The lowest BCUT2D eigenvalue weighted by atomic mass is 10.00. The van der Waals surface area contributed by atoms with E-state index in [9.17, 15) is 27.6 Å². The number of aryl methyl sites for hydroxylation is 2. The van der Waals surface area contributed by atoms with Crippen molar-refractivity contribution in [2.75, 3.05) is 10.6 Å². The number of nitrogens with zero attached hydrogens (tertiary/aromatic N) is 1. The highest BCUT2D eigenvalue weighted by Crippen LogP contribution is 2.38. The minimum absolute atomic E-state index is 0.0257. The third-order valence-corrected chi connectivity index (χ3v) is 5.58. The zero-order valence-electron chi connectivity index (χ0n) is 22.3. The topological polar surface area (TPSA) is 97.4 Å². The van der Waals surface area contributed by atoms with Crippen LogP contribution < -0.4 is 10.6 Å². The van der Waals surface area contributed by atoms with Crippen LogP contribution in [0.1, 0.15) is 61.3 Å². The molecule has 2 amide bonds. The van der Waals surface area contributed by atoms with Crippen molar-refractivity contribution >= 4 is 29.2 Å². The van der Waals surface area contributed by atoms with E-state index in [1.54, 1.807) is 58.2 Å². The molecule has 3 rings (SSSR count). The van der Waals surface area contributed by atoms with Gasteiger partial charge in [0, 0.05) is 17.5 Å². The first kappa shape index (κ1) is 29.3. The van der Waals surface area contributed by atoms with Gasteiger partial charge < -0.3 is 10.1 Å². The Morgan fingerprint density at radius 3 is 2.21 bits per heavy atom. The number of hydrogen-bond acceptors (Lipinski definition) is 5. The lowest BCUT2D eigenvalue weighted by Crippen LogP contribution is -2.28. The van der Waals surface area contributed by atoms with Gasteiger partial charge in [-0.3, -0.25) is 19.9 Å². The van der Waals surface area contributed by atoms with Crippen LogP contribution in [0.5, 0.6) is 0 Å². The third-order valence-electron chi connectivity index (χ3n) is 5.58. The molecule has 0 aliphatic carbocycles. The van der Waals surface area contributed by atoms with Crippen LogP contribution in [0.3, 0.4) is 0 Å². The summed E-state index contributed by atoms with van der Waals surface area (Å²) >= 11 is 0. The second-order valence-electron chi connectivity index (χ2n) is 9.95. The molecule has 206 valence electrons. The average Bonchev–Trinajstić information content (AvgIpc) is 2.83. The van der Waals surface area contributed by atoms with E-state index in [-0.39, 0.29) is 28.9 Å². The van der Waals surface area contributed by atoms with Gasteiger partial charge in [0.05, 0.1) is 23.4 Å². The normalized spacial score (nSPS) is 11.6. The first-order valence-electron chi connectivity index (χ1n) is 12.3. The summed E-state index contributed by atoms with van der Waals surface area (Å²) in [7, 11) is 0. The first-order chi connectivity index (χ1) is 18.2. The Bertz CT molecular complexity index is 1400. The second kappa shape index (κ2) is 11.7. The van der Waals surface area contributed by atoms with E-state index in [0.29, 0.717) is 0 Å². The van der Waals surface area contributed by atoms with Gasteiger partial charge in [-0.05, 0) is 81.1 Å². The number of alkyl halides is 3. The van der Waals surface area contributed by atoms with Crippen LogP contribution >= 0.6 is 0 Å². The number of ether oxygens (including phenoxy) is 1. The molecule has 0 aliphatic rings. The SMILES string of the molecule is CCc1cc(NC(=O)OC(C)(C)C)c(NC(=O)CC(=O)c2cccc(-c3ccnc(C)c3)c2)cc1C(F)(F)F. The van der Waals surface area contributed by atoms with E-state index in [0.717, 1.165) is 29.0 Å². The van der Waals surface area contributed by atoms with E-state index in [1.165, 1.54) is 0 Å². The minimum atomic E-state index is -4.70. The number of Topliss-reactive ketones (excluding diaryl/α,β-unsaturated/α-hetero) is 1. The molecule has 7 nitrogen and oxygen atoms in total. The van der Waals surface area contributed by atoms with Crippen molar-refractivity contribution in [2.24, 2.45) is 0 Å². The van der Waals surface area contributed by atoms with Gasteiger partial charge in [0.15, 0.2) is 5.78 Å². The molecule has 0 atom stereocenters. The maximum atomic E-state index is 13.7. The fourth-order valence-corrected chi connectivity index (χ4v) is 3.86. The van der Waals surface area contributed by atoms with E-state index >= 15 is 0 Å². The maximum absolute atomic E-state index is 13.7. The van der Waals surface area contributed by atoms with Crippen molar-refractivity contribution in [3.63, 3.8) is 0 Å². The predicted octanol–water partition coefficient (Wildman–Crippen LogP) is 7.20. The summed E-state index contributed by atoms with van der Waals surface area (Å²) in [6.45, 7) is 8.29. The molecule has 3 aromatic rings. The summed E-state index contributed by atoms with van der Waals surface area (Å²) in [5.41, 5.74) is 0.383. The molecule has 2 aromatic carbocycles. The summed E-state index contributed by atoms with van der Waals surface area (Å²) in [6.07, 6.45) is -4.55. The average molecular weight is 542 g/mol. The first-order valence-corrected chi connectivity index (χ1v) is 12.3. The zero-order valence-corrected chi connectivity index (χ0v) is 22.3. The van der Waals surface area contributed by atoms with Crippen LogP contribution in [-0.2, 0) is 22.1 Å². The number of hydrogen-bond donors (Lipinski definition) is 2. The number of anilines is 2. The van der Waals surface area contributed by atoms with Gasteiger partial charge in [-0.2, -0.15) is 13.2 Å². The Labute approximate surface area is 224 Å². The van der Waals surface area contributed by atoms with Gasteiger partial charge in [0.25, 0.3) is 0 Å². The van der Waals surface area contributed by atoms with Crippen molar-refractivity contribution in [3.05, 3.63) is 77.1 Å². The molecule has 0 fully saturated rings. The largest absolute Gasteiger partial charge is 0.444 e. The molecular formula is C29H30F3N3O4. The molecule has 2 N–H and O–H groups in total. The number of pyridine rings is 1. The van der Waals surface area contributed by atoms with E-state index in [4.69, 9.17) is 4.74 Å². The fourth-order valence-electron chi connectivity index (χ4n) is 3.86. The van der Waals surface area contributed by atoms with Crippen LogP contribution in [0.2, 0.25) is 0 Å². The van der Waals surface area contributed by atoms with Crippen LogP contribution in [0.4, 0.5) is 29.3 Å². The van der Waals surface area contributed by atoms with Crippen molar-refractivity contribution in [2.45, 2.75) is 59.2 Å². The van der Waals surface area contributed by atoms with Crippen molar-refractivity contribution < 1.29 is 32.3 Å². The van der Waals surface area contributed by atoms with Gasteiger partial charge in [-0.25, -0.2) is 4.79 Å². The van der Waals surface area contributed by atoms with Crippen molar-refractivity contribution in [3.8, 4) is 11.1 Å². The molecule has 0 unspecified atom stereocenters.